The predicted molar refractivity (Wildman–Crippen MR) is 132 cm³/mol. The number of fused-ring (bicyclic) bond motifs is 1. The van der Waals surface area contributed by atoms with Crippen molar-refractivity contribution < 1.29 is 14.3 Å². The fraction of sp³-hybridized carbons (Fsp3) is 0.385. The molecule has 0 unspecified atom stereocenters. The van der Waals surface area contributed by atoms with Crippen LogP contribution >= 0.6 is 11.6 Å². The first kappa shape index (κ1) is 23.5. The van der Waals surface area contributed by atoms with E-state index in [9.17, 15) is 9.59 Å². The Morgan fingerprint density at radius 1 is 1.11 bits per heavy atom. The van der Waals surface area contributed by atoms with E-state index in [1.165, 1.54) is 12.7 Å². The molecule has 0 atom stereocenters. The second-order valence-electron chi connectivity index (χ2n) is 9.29. The molecule has 1 saturated carbocycles. The van der Waals surface area contributed by atoms with Crippen LogP contribution in [-0.2, 0) is 16.7 Å². The second-order valence-corrected chi connectivity index (χ2v) is 9.73. The Morgan fingerprint density at radius 2 is 1.83 bits per heavy atom. The van der Waals surface area contributed by atoms with Crippen molar-refractivity contribution in [3.05, 3.63) is 70.5 Å². The van der Waals surface area contributed by atoms with Crippen LogP contribution in [0.1, 0.15) is 52.2 Å². The summed E-state index contributed by atoms with van der Waals surface area (Å²) in [6, 6.07) is 15.1. The lowest BCUT2D eigenvalue weighted by atomic mass is 9.68. The molecule has 5 rings (SSSR count). The fourth-order valence-electron chi connectivity index (χ4n) is 5.44. The second kappa shape index (κ2) is 9.43. The van der Waals surface area contributed by atoms with E-state index in [2.05, 4.69) is 16.3 Å². The van der Waals surface area contributed by atoms with Gasteiger partial charge in [-0.25, -0.2) is 4.79 Å². The number of benzene rings is 2. The van der Waals surface area contributed by atoms with E-state index in [1.54, 1.807) is 24.3 Å². The van der Waals surface area contributed by atoms with Crippen molar-refractivity contribution in [3.63, 3.8) is 0 Å². The lowest BCUT2D eigenvalue weighted by Gasteiger charge is -2.44. The quantitative estimate of drug-likeness (QED) is 0.544. The number of amides is 1. The van der Waals surface area contributed by atoms with Gasteiger partial charge in [-0.05, 0) is 55.5 Å². The predicted octanol–water partition coefficient (Wildman–Crippen LogP) is 3.68. The summed E-state index contributed by atoms with van der Waals surface area (Å²) in [6.07, 6.45) is 3.57. The van der Waals surface area contributed by atoms with Crippen molar-refractivity contribution in [2.45, 2.75) is 43.7 Å². The third-order valence-electron chi connectivity index (χ3n) is 7.51. The summed E-state index contributed by atoms with van der Waals surface area (Å²) in [7, 11) is 1.35. The number of nitrogens with two attached hydrogens (primary N) is 1. The SMILES string of the molecule is COC(=O)c1ccc(-c2nnc3n2CCN([C@H]2CC[C@@](CN)(c4cccc(Cl)c4)CC2)C3=O)cc1. The van der Waals surface area contributed by atoms with Crippen LogP contribution in [-0.4, -0.2) is 57.8 Å². The molecule has 1 aromatic heterocycles. The van der Waals surface area contributed by atoms with Gasteiger partial charge in [0.15, 0.2) is 5.82 Å². The zero-order valence-electron chi connectivity index (χ0n) is 19.6. The molecule has 2 heterocycles. The van der Waals surface area contributed by atoms with Crippen molar-refractivity contribution in [3.8, 4) is 11.4 Å². The maximum absolute atomic E-state index is 13.4. The van der Waals surface area contributed by atoms with Gasteiger partial charge in [-0.2, -0.15) is 0 Å². The van der Waals surface area contributed by atoms with Gasteiger partial charge in [0, 0.05) is 41.7 Å². The molecule has 8 nitrogen and oxygen atoms in total. The normalized spacial score (nSPS) is 22.1. The first-order valence-electron chi connectivity index (χ1n) is 11.8. The van der Waals surface area contributed by atoms with Crippen LogP contribution in [0.4, 0.5) is 0 Å². The zero-order chi connectivity index (χ0) is 24.6. The molecule has 182 valence electrons. The molecule has 2 aliphatic rings. The van der Waals surface area contributed by atoms with Crippen molar-refractivity contribution >= 4 is 23.5 Å². The molecule has 9 heteroatoms. The van der Waals surface area contributed by atoms with Crippen LogP contribution < -0.4 is 5.73 Å². The van der Waals surface area contributed by atoms with Crippen LogP contribution in [0, 0.1) is 0 Å². The van der Waals surface area contributed by atoms with Crippen molar-refractivity contribution in [2.24, 2.45) is 5.73 Å². The number of nitrogens with zero attached hydrogens (tertiary/aromatic N) is 4. The average Bonchev–Trinajstić information content (AvgIpc) is 3.34. The van der Waals surface area contributed by atoms with Crippen LogP contribution in [0.25, 0.3) is 11.4 Å². The number of hydrogen-bond donors (Lipinski definition) is 1. The summed E-state index contributed by atoms with van der Waals surface area (Å²) in [4.78, 5) is 27.0. The topological polar surface area (TPSA) is 103 Å². The maximum Gasteiger partial charge on any atom is 0.337 e. The number of ether oxygens (including phenoxy) is 1. The molecule has 1 aliphatic carbocycles. The van der Waals surface area contributed by atoms with Gasteiger partial charge < -0.3 is 19.9 Å². The highest BCUT2D eigenvalue weighted by Gasteiger charge is 2.40. The van der Waals surface area contributed by atoms with Crippen molar-refractivity contribution in [1.29, 1.82) is 0 Å². The lowest BCUT2D eigenvalue weighted by molar-refractivity contribution is 0.0523. The number of carbonyl (C=O) groups is 2. The van der Waals surface area contributed by atoms with Gasteiger partial charge >= 0.3 is 5.97 Å². The standard InChI is InChI=1S/C26H28ClN5O3/c1-35-25(34)18-7-5-17(6-8-18)22-29-30-23-24(33)31(13-14-32(22)23)21-9-11-26(16-28,12-10-21)19-3-2-4-20(27)15-19/h2-8,15,21H,9-14,16,28H2,1H3/t21-,26+. The van der Waals surface area contributed by atoms with E-state index in [0.717, 1.165) is 36.3 Å². The van der Waals surface area contributed by atoms with Gasteiger partial charge in [-0.1, -0.05) is 35.9 Å². The summed E-state index contributed by atoms with van der Waals surface area (Å²) in [6.45, 7) is 1.78. The summed E-state index contributed by atoms with van der Waals surface area (Å²) >= 11 is 6.25. The highest BCUT2D eigenvalue weighted by atomic mass is 35.5. The van der Waals surface area contributed by atoms with Gasteiger partial charge in [-0.15, -0.1) is 10.2 Å². The van der Waals surface area contributed by atoms with Crippen molar-refractivity contribution in [2.75, 3.05) is 20.2 Å². The number of rotatable bonds is 5. The van der Waals surface area contributed by atoms with Gasteiger partial charge in [0.25, 0.3) is 5.91 Å². The minimum Gasteiger partial charge on any atom is -0.465 e. The molecule has 0 radical (unpaired) electrons. The van der Waals surface area contributed by atoms with Gasteiger partial charge in [0.2, 0.25) is 5.82 Å². The van der Waals surface area contributed by atoms with Gasteiger partial charge in [0.1, 0.15) is 0 Å². The third kappa shape index (κ3) is 4.21. The van der Waals surface area contributed by atoms with Crippen LogP contribution in [0.15, 0.2) is 48.5 Å². The molecule has 1 aliphatic heterocycles. The Morgan fingerprint density at radius 3 is 2.49 bits per heavy atom. The maximum atomic E-state index is 13.4. The molecule has 0 saturated heterocycles. The monoisotopic (exact) mass is 493 g/mol. The average molecular weight is 494 g/mol. The smallest absolute Gasteiger partial charge is 0.337 e. The zero-order valence-corrected chi connectivity index (χ0v) is 20.4. The Kier molecular flexibility index (Phi) is 6.34. The Bertz CT molecular complexity index is 1250. The summed E-state index contributed by atoms with van der Waals surface area (Å²) < 4.78 is 6.62. The largest absolute Gasteiger partial charge is 0.465 e. The van der Waals surface area contributed by atoms with Gasteiger partial charge in [0.05, 0.1) is 12.7 Å². The number of methoxy groups -OCH3 is 1. The van der Waals surface area contributed by atoms with Crippen molar-refractivity contribution in [1.82, 2.24) is 19.7 Å². The number of hydrogen-bond acceptors (Lipinski definition) is 6. The van der Waals surface area contributed by atoms with E-state index in [0.29, 0.717) is 36.8 Å². The lowest BCUT2D eigenvalue weighted by Crippen LogP contribution is -2.50. The Hall–Kier alpha value is -3.23. The highest BCUT2D eigenvalue weighted by Crippen LogP contribution is 2.41. The summed E-state index contributed by atoms with van der Waals surface area (Å²) in [5, 5.41) is 9.25. The van der Waals surface area contributed by atoms with E-state index < -0.39 is 5.97 Å². The van der Waals surface area contributed by atoms with Gasteiger partial charge in [-0.3, -0.25) is 4.79 Å². The molecule has 2 aromatic carbocycles. The van der Waals surface area contributed by atoms with E-state index in [4.69, 9.17) is 22.1 Å². The number of aromatic nitrogens is 3. The fourth-order valence-corrected chi connectivity index (χ4v) is 5.63. The highest BCUT2D eigenvalue weighted by molar-refractivity contribution is 6.30. The summed E-state index contributed by atoms with van der Waals surface area (Å²) in [5.41, 5.74) is 8.58. The summed E-state index contributed by atoms with van der Waals surface area (Å²) in [5.74, 6) is 0.492. The molecule has 2 N–H and O–H groups in total. The molecule has 3 aromatic rings. The first-order chi connectivity index (χ1) is 17.0. The molecule has 0 spiro atoms. The van der Waals surface area contributed by atoms with Crippen LogP contribution in [0.2, 0.25) is 5.02 Å². The number of esters is 1. The number of carbonyl (C=O) groups excluding carboxylic acids is 2. The van der Waals surface area contributed by atoms with Crippen LogP contribution in [0.3, 0.4) is 0 Å². The Labute approximate surface area is 209 Å². The minimum absolute atomic E-state index is 0.0887. The van der Waals surface area contributed by atoms with E-state index >= 15 is 0 Å². The number of halogens is 1. The molecular weight excluding hydrogens is 466 g/mol. The van der Waals surface area contributed by atoms with E-state index in [-0.39, 0.29) is 17.4 Å². The molecule has 0 bridgehead atoms. The molecule has 1 amide bonds. The minimum atomic E-state index is -0.396. The van der Waals surface area contributed by atoms with Crippen LogP contribution in [0.5, 0.6) is 0 Å². The first-order valence-corrected chi connectivity index (χ1v) is 12.2. The van der Waals surface area contributed by atoms with E-state index in [1.807, 2.05) is 27.7 Å². The molecule has 1 fully saturated rings. The molecular formula is C26H28ClN5O3. The third-order valence-corrected chi connectivity index (χ3v) is 7.75. The Balaban J connectivity index is 1.31. The molecule has 35 heavy (non-hydrogen) atoms.